The summed E-state index contributed by atoms with van der Waals surface area (Å²) in [4.78, 5) is 25.4. The second-order valence-electron chi connectivity index (χ2n) is 5.64. The van der Waals surface area contributed by atoms with Crippen LogP contribution in [0.2, 0.25) is 6.32 Å². The van der Waals surface area contributed by atoms with Crippen molar-refractivity contribution in [1.82, 2.24) is 0 Å². The Bertz CT molecular complexity index is 794. The summed E-state index contributed by atoms with van der Waals surface area (Å²) in [5.41, 5.74) is 1.93. The van der Waals surface area contributed by atoms with E-state index in [0.717, 1.165) is 18.4 Å². The van der Waals surface area contributed by atoms with E-state index < -0.39 is 0 Å². The van der Waals surface area contributed by atoms with E-state index in [2.05, 4.69) is 0 Å². The Kier molecular flexibility index (Phi) is 4.95. The number of unbranched alkanes of at least 4 members (excludes halogenated alkanes) is 1. The van der Waals surface area contributed by atoms with E-state index in [1.54, 1.807) is 18.2 Å². The summed E-state index contributed by atoms with van der Waals surface area (Å²) < 4.78 is 5.71. The van der Waals surface area contributed by atoms with Crippen molar-refractivity contribution in [3.8, 4) is 5.75 Å². The molecule has 3 rings (SSSR count). The molecular formula is C20H17BO3. The van der Waals surface area contributed by atoms with Crippen LogP contribution in [-0.4, -0.2) is 26.0 Å². The van der Waals surface area contributed by atoms with E-state index in [9.17, 15) is 9.59 Å². The van der Waals surface area contributed by atoms with Crippen molar-refractivity contribution in [1.29, 1.82) is 0 Å². The molecule has 0 bridgehead atoms. The van der Waals surface area contributed by atoms with Gasteiger partial charge in [0.15, 0.2) is 11.6 Å². The molecule has 24 heavy (non-hydrogen) atoms. The minimum absolute atomic E-state index is 0.150. The summed E-state index contributed by atoms with van der Waals surface area (Å²) in [6, 6.07) is 14.4. The lowest BCUT2D eigenvalue weighted by molar-refractivity contribution is 0.0998. The van der Waals surface area contributed by atoms with Gasteiger partial charge in [0.25, 0.3) is 0 Å². The first-order chi connectivity index (χ1) is 11.7. The quantitative estimate of drug-likeness (QED) is 0.600. The maximum atomic E-state index is 12.8. The Hall–Kier alpha value is -2.62. The van der Waals surface area contributed by atoms with E-state index in [0.29, 0.717) is 35.4 Å². The number of Topliss-reactive ketones (excluding diaryl/α,β-unsaturated/α-hetero) is 1. The number of fused-ring (bicyclic) bond motifs is 1. The van der Waals surface area contributed by atoms with Crippen molar-refractivity contribution < 1.29 is 14.3 Å². The Morgan fingerprint density at radius 3 is 2.46 bits per heavy atom. The smallest absolute Gasteiger partial charge is 0.194 e. The SMILES string of the molecule is [B]CCCCOc1cccc2c1C(=O)C=C(c1ccccc1)C2=O. The third kappa shape index (κ3) is 3.18. The van der Waals surface area contributed by atoms with Crippen LogP contribution in [0.15, 0.2) is 54.6 Å². The number of hydrogen-bond donors (Lipinski definition) is 0. The molecule has 0 saturated heterocycles. The predicted molar refractivity (Wildman–Crippen MR) is 94.8 cm³/mol. The van der Waals surface area contributed by atoms with Gasteiger partial charge in [-0.15, -0.1) is 0 Å². The van der Waals surface area contributed by atoms with Gasteiger partial charge in [-0.05, 0) is 24.1 Å². The van der Waals surface area contributed by atoms with Crippen molar-refractivity contribution in [3.05, 3.63) is 71.3 Å². The molecule has 2 aromatic rings. The van der Waals surface area contributed by atoms with Gasteiger partial charge in [0, 0.05) is 11.1 Å². The van der Waals surface area contributed by atoms with Gasteiger partial charge in [-0.1, -0.05) is 55.2 Å². The fraction of sp³-hybridized carbons (Fsp3) is 0.200. The monoisotopic (exact) mass is 316 g/mol. The van der Waals surface area contributed by atoms with Gasteiger partial charge in [0.1, 0.15) is 5.75 Å². The molecule has 0 amide bonds. The molecule has 0 spiro atoms. The zero-order chi connectivity index (χ0) is 16.9. The van der Waals surface area contributed by atoms with Crippen LogP contribution in [0.25, 0.3) is 5.57 Å². The van der Waals surface area contributed by atoms with Crippen molar-refractivity contribution >= 4 is 25.0 Å². The lowest BCUT2D eigenvalue weighted by atomic mass is 9.86. The third-order valence-electron chi connectivity index (χ3n) is 3.98. The topological polar surface area (TPSA) is 43.4 Å². The lowest BCUT2D eigenvalue weighted by Crippen LogP contribution is -2.17. The number of carbonyl (C=O) groups is 2. The van der Waals surface area contributed by atoms with Crippen LogP contribution in [-0.2, 0) is 0 Å². The zero-order valence-electron chi connectivity index (χ0n) is 13.3. The molecule has 0 atom stereocenters. The first-order valence-corrected chi connectivity index (χ1v) is 8.04. The molecule has 0 aliphatic heterocycles. The van der Waals surface area contributed by atoms with Crippen LogP contribution in [0, 0.1) is 0 Å². The lowest BCUT2D eigenvalue weighted by Gasteiger charge is -2.18. The van der Waals surface area contributed by atoms with E-state index in [-0.39, 0.29) is 11.6 Å². The predicted octanol–water partition coefficient (Wildman–Crippen LogP) is 3.90. The Balaban J connectivity index is 1.92. The molecule has 0 heterocycles. The summed E-state index contributed by atoms with van der Waals surface area (Å²) in [6.45, 7) is 0.477. The van der Waals surface area contributed by atoms with Crippen molar-refractivity contribution in [2.75, 3.05) is 6.61 Å². The number of ether oxygens (including phenoxy) is 1. The second-order valence-corrected chi connectivity index (χ2v) is 5.64. The van der Waals surface area contributed by atoms with Crippen LogP contribution >= 0.6 is 0 Å². The largest absolute Gasteiger partial charge is 0.493 e. The van der Waals surface area contributed by atoms with Crippen LogP contribution in [0.1, 0.15) is 39.1 Å². The van der Waals surface area contributed by atoms with Crippen LogP contribution in [0.3, 0.4) is 0 Å². The standard InChI is InChI=1S/C20H17BO3/c21-11-4-5-12-24-18-10-6-9-15-19(18)17(22)13-16(20(15)23)14-7-2-1-3-8-14/h1-3,6-10,13H,4-5,11-12H2. The molecule has 1 aliphatic carbocycles. The molecule has 0 aromatic heterocycles. The van der Waals surface area contributed by atoms with E-state index in [1.165, 1.54) is 6.08 Å². The molecule has 118 valence electrons. The molecule has 1 aliphatic rings. The molecular weight excluding hydrogens is 299 g/mol. The van der Waals surface area contributed by atoms with E-state index in [4.69, 9.17) is 12.6 Å². The van der Waals surface area contributed by atoms with Gasteiger partial charge < -0.3 is 4.74 Å². The first-order valence-electron chi connectivity index (χ1n) is 8.04. The van der Waals surface area contributed by atoms with Gasteiger partial charge in [0.05, 0.1) is 20.0 Å². The van der Waals surface area contributed by atoms with Crippen LogP contribution in [0.5, 0.6) is 5.75 Å². The first kappa shape index (κ1) is 16.3. The minimum Gasteiger partial charge on any atom is -0.493 e. The molecule has 3 nitrogen and oxygen atoms in total. The van der Waals surface area contributed by atoms with Crippen molar-refractivity contribution in [2.24, 2.45) is 0 Å². The summed E-state index contributed by atoms with van der Waals surface area (Å²) in [5, 5.41) is 0. The highest BCUT2D eigenvalue weighted by Gasteiger charge is 2.29. The molecule has 0 saturated carbocycles. The maximum absolute atomic E-state index is 12.8. The van der Waals surface area contributed by atoms with Gasteiger partial charge in [-0.3, -0.25) is 9.59 Å². The highest BCUT2D eigenvalue weighted by molar-refractivity contribution is 6.39. The zero-order valence-corrected chi connectivity index (χ0v) is 13.3. The highest BCUT2D eigenvalue weighted by atomic mass is 16.5. The second kappa shape index (κ2) is 7.30. The number of ketones is 2. The van der Waals surface area contributed by atoms with Crippen molar-refractivity contribution in [3.63, 3.8) is 0 Å². The molecule has 0 N–H and O–H groups in total. The summed E-state index contributed by atoms with van der Waals surface area (Å²) in [5.74, 6) is 0.118. The fourth-order valence-corrected chi connectivity index (χ4v) is 2.77. The number of benzene rings is 2. The minimum atomic E-state index is -0.196. The Morgan fingerprint density at radius 1 is 0.917 bits per heavy atom. The van der Waals surface area contributed by atoms with Gasteiger partial charge in [-0.25, -0.2) is 0 Å². The average molecular weight is 316 g/mol. The number of hydrogen-bond acceptors (Lipinski definition) is 3. The molecule has 0 fully saturated rings. The summed E-state index contributed by atoms with van der Waals surface area (Å²) in [6.07, 6.45) is 3.69. The average Bonchev–Trinajstić information content (AvgIpc) is 2.62. The van der Waals surface area contributed by atoms with E-state index in [1.807, 2.05) is 30.3 Å². The normalized spacial score (nSPS) is 13.4. The highest BCUT2D eigenvalue weighted by Crippen LogP contribution is 2.33. The maximum Gasteiger partial charge on any atom is 0.194 e. The van der Waals surface area contributed by atoms with Gasteiger partial charge in [-0.2, -0.15) is 0 Å². The fourth-order valence-electron chi connectivity index (χ4n) is 2.77. The van der Waals surface area contributed by atoms with Crippen LogP contribution < -0.4 is 4.74 Å². The van der Waals surface area contributed by atoms with Crippen molar-refractivity contribution in [2.45, 2.75) is 19.2 Å². The van der Waals surface area contributed by atoms with Gasteiger partial charge >= 0.3 is 0 Å². The van der Waals surface area contributed by atoms with Crippen LogP contribution in [0.4, 0.5) is 0 Å². The molecule has 0 unspecified atom stereocenters. The molecule has 2 aromatic carbocycles. The van der Waals surface area contributed by atoms with E-state index >= 15 is 0 Å². The van der Waals surface area contributed by atoms with Gasteiger partial charge in [0.2, 0.25) is 0 Å². The Labute approximate surface area is 142 Å². The molecule has 4 heteroatoms. The number of carbonyl (C=O) groups excluding carboxylic acids is 2. The third-order valence-corrected chi connectivity index (χ3v) is 3.98. The molecule has 2 radical (unpaired) electrons. The number of rotatable bonds is 6. The summed E-state index contributed by atoms with van der Waals surface area (Å²) >= 11 is 0. The number of allylic oxidation sites excluding steroid dienone is 2. The Morgan fingerprint density at radius 2 is 1.71 bits per heavy atom. The summed E-state index contributed by atoms with van der Waals surface area (Å²) in [7, 11) is 5.47.